The first-order valence-electron chi connectivity index (χ1n) is 6.10. The van der Waals surface area contributed by atoms with Gasteiger partial charge in [-0.05, 0) is 23.8 Å². The quantitative estimate of drug-likeness (QED) is 0.852. The summed E-state index contributed by atoms with van der Waals surface area (Å²) >= 11 is 0. The molecular formula is C15H13F2NO. The molecule has 0 fully saturated rings. The van der Waals surface area contributed by atoms with Gasteiger partial charge in [-0.25, -0.2) is 8.78 Å². The molecule has 0 radical (unpaired) electrons. The van der Waals surface area contributed by atoms with Crippen LogP contribution in [-0.4, -0.2) is 0 Å². The van der Waals surface area contributed by atoms with Gasteiger partial charge in [0.15, 0.2) is 0 Å². The third-order valence-corrected chi connectivity index (χ3v) is 3.35. The second-order valence-corrected chi connectivity index (χ2v) is 4.68. The van der Waals surface area contributed by atoms with Crippen LogP contribution in [0.4, 0.5) is 8.78 Å². The lowest BCUT2D eigenvalue weighted by Gasteiger charge is -2.30. The van der Waals surface area contributed by atoms with Crippen molar-refractivity contribution >= 4 is 0 Å². The van der Waals surface area contributed by atoms with Crippen LogP contribution in [0.3, 0.4) is 0 Å². The van der Waals surface area contributed by atoms with E-state index in [0.717, 1.165) is 11.1 Å². The molecule has 4 heteroatoms. The zero-order valence-corrected chi connectivity index (χ0v) is 10.1. The van der Waals surface area contributed by atoms with Gasteiger partial charge in [-0.15, -0.1) is 0 Å². The Bertz CT molecular complexity index is 598. The maximum atomic E-state index is 13.2. The number of rotatable bonds is 1. The molecular weight excluding hydrogens is 248 g/mol. The van der Waals surface area contributed by atoms with E-state index >= 15 is 0 Å². The summed E-state index contributed by atoms with van der Waals surface area (Å²) in [6.07, 6.45) is 0.314. The molecule has 1 aliphatic rings. The van der Waals surface area contributed by atoms with Crippen molar-refractivity contribution in [3.8, 4) is 5.75 Å². The number of hydrogen-bond donors (Lipinski definition) is 1. The normalized spacial score (nSPS) is 21.6. The fraction of sp³-hybridized carbons (Fsp3) is 0.200. The minimum atomic E-state index is -0.356. The minimum absolute atomic E-state index is 0.209. The van der Waals surface area contributed by atoms with Crippen LogP contribution >= 0.6 is 0 Å². The maximum Gasteiger partial charge on any atom is 0.127 e. The molecule has 0 aromatic heterocycles. The largest absolute Gasteiger partial charge is 0.485 e. The first kappa shape index (κ1) is 12.1. The molecule has 2 aromatic carbocycles. The van der Waals surface area contributed by atoms with Crippen molar-refractivity contribution in [3.63, 3.8) is 0 Å². The first-order chi connectivity index (χ1) is 9.13. The summed E-state index contributed by atoms with van der Waals surface area (Å²) in [7, 11) is 0. The van der Waals surface area contributed by atoms with Gasteiger partial charge in [-0.2, -0.15) is 0 Å². The average molecular weight is 261 g/mol. The number of benzene rings is 2. The highest BCUT2D eigenvalue weighted by atomic mass is 19.1. The molecule has 0 bridgehead atoms. The Kier molecular flexibility index (Phi) is 2.95. The van der Waals surface area contributed by atoms with Crippen molar-refractivity contribution in [1.82, 2.24) is 0 Å². The van der Waals surface area contributed by atoms with Crippen molar-refractivity contribution in [1.29, 1.82) is 0 Å². The molecule has 0 saturated heterocycles. The van der Waals surface area contributed by atoms with Crippen molar-refractivity contribution in [2.45, 2.75) is 18.6 Å². The molecule has 0 saturated carbocycles. The molecule has 1 aliphatic heterocycles. The Balaban J connectivity index is 1.93. The van der Waals surface area contributed by atoms with Crippen LogP contribution in [0.1, 0.15) is 29.7 Å². The van der Waals surface area contributed by atoms with E-state index in [0.29, 0.717) is 12.2 Å². The average Bonchev–Trinajstić information content (AvgIpc) is 2.38. The standard InChI is InChI=1S/C15H13F2NO/c16-10-3-1-9(2-4-10)14-8-13(18)12-6-5-11(17)7-15(12)19-14/h1-7,13-14H,8,18H2. The molecule has 19 heavy (non-hydrogen) atoms. The molecule has 0 spiro atoms. The Labute approximate surface area is 109 Å². The minimum Gasteiger partial charge on any atom is -0.485 e. The highest BCUT2D eigenvalue weighted by Gasteiger charge is 2.27. The van der Waals surface area contributed by atoms with Gasteiger partial charge in [0.1, 0.15) is 23.5 Å². The second kappa shape index (κ2) is 4.63. The molecule has 2 aromatic rings. The SMILES string of the molecule is NC1CC(c2ccc(F)cc2)Oc2cc(F)ccc21. The fourth-order valence-electron chi connectivity index (χ4n) is 2.36. The van der Waals surface area contributed by atoms with Gasteiger partial charge >= 0.3 is 0 Å². The van der Waals surface area contributed by atoms with Crippen molar-refractivity contribution in [2.24, 2.45) is 5.73 Å². The van der Waals surface area contributed by atoms with Gasteiger partial charge in [0.05, 0.1) is 0 Å². The van der Waals surface area contributed by atoms with Gasteiger partial charge in [-0.1, -0.05) is 18.2 Å². The predicted octanol–water partition coefficient (Wildman–Crippen LogP) is 3.49. The summed E-state index contributed by atoms with van der Waals surface area (Å²) in [5.41, 5.74) is 7.72. The van der Waals surface area contributed by atoms with Gasteiger partial charge < -0.3 is 10.5 Å². The van der Waals surface area contributed by atoms with E-state index in [4.69, 9.17) is 10.5 Å². The molecule has 2 atom stereocenters. The number of hydrogen-bond acceptors (Lipinski definition) is 2. The molecule has 2 unspecified atom stereocenters. The van der Waals surface area contributed by atoms with Crippen molar-refractivity contribution in [2.75, 3.05) is 0 Å². The smallest absolute Gasteiger partial charge is 0.127 e. The molecule has 0 amide bonds. The maximum absolute atomic E-state index is 13.2. The summed E-state index contributed by atoms with van der Waals surface area (Å²) in [5, 5.41) is 0. The van der Waals surface area contributed by atoms with Crippen LogP contribution in [0.15, 0.2) is 42.5 Å². The summed E-state index contributed by atoms with van der Waals surface area (Å²) in [6.45, 7) is 0. The van der Waals surface area contributed by atoms with Crippen LogP contribution in [-0.2, 0) is 0 Å². The van der Waals surface area contributed by atoms with Gasteiger partial charge in [0.2, 0.25) is 0 Å². The van der Waals surface area contributed by atoms with E-state index in [1.165, 1.54) is 24.3 Å². The van der Waals surface area contributed by atoms with E-state index in [2.05, 4.69) is 0 Å². The summed E-state index contributed by atoms with van der Waals surface area (Å²) in [4.78, 5) is 0. The van der Waals surface area contributed by atoms with E-state index in [1.54, 1.807) is 18.2 Å². The zero-order valence-electron chi connectivity index (χ0n) is 10.1. The Hall–Kier alpha value is -1.94. The topological polar surface area (TPSA) is 35.2 Å². The molecule has 3 rings (SSSR count). The van der Waals surface area contributed by atoms with Crippen LogP contribution in [0.2, 0.25) is 0 Å². The van der Waals surface area contributed by atoms with Crippen LogP contribution in [0.25, 0.3) is 0 Å². The highest BCUT2D eigenvalue weighted by Crippen LogP contribution is 2.39. The fourth-order valence-corrected chi connectivity index (χ4v) is 2.36. The molecule has 0 aliphatic carbocycles. The van der Waals surface area contributed by atoms with Gasteiger partial charge in [0.25, 0.3) is 0 Å². The Morgan fingerprint density at radius 3 is 2.42 bits per heavy atom. The van der Waals surface area contributed by atoms with E-state index in [-0.39, 0.29) is 23.8 Å². The predicted molar refractivity (Wildman–Crippen MR) is 67.7 cm³/mol. The monoisotopic (exact) mass is 261 g/mol. The summed E-state index contributed by atoms with van der Waals surface area (Å²) in [5.74, 6) is -0.186. The van der Waals surface area contributed by atoms with Gasteiger partial charge in [-0.3, -0.25) is 0 Å². The molecule has 2 nitrogen and oxygen atoms in total. The van der Waals surface area contributed by atoms with E-state index in [9.17, 15) is 8.78 Å². The van der Waals surface area contributed by atoms with Crippen LogP contribution < -0.4 is 10.5 Å². The highest BCUT2D eigenvalue weighted by molar-refractivity contribution is 5.39. The van der Waals surface area contributed by atoms with E-state index in [1.807, 2.05) is 0 Å². The third kappa shape index (κ3) is 2.31. The van der Waals surface area contributed by atoms with Crippen LogP contribution in [0.5, 0.6) is 5.75 Å². The van der Waals surface area contributed by atoms with Crippen molar-refractivity contribution < 1.29 is 13.5 Å². The van der Waals surface area contributed by atoms with Crippen LogP contribution in [0, 0.1) is 11.6 Å². The number of ether oxygens (including phenoxy) is 1. The third-order valence-electron chi connectivity index (χ3n) is 3.35. The number of fused-ring (bicyclic) bond motifs is 1. The second-order valence-electron chi connectivity index (χ2n) is 4.68. The summed E-state index contributed by atoms with van der Waals surface area (Å²) in [6, 6.07) is 10.2. The summed E-state index contributed by atoms with van der Waals surface area (Å²) < 4.78 is 31.9. The van der Waals surface area contributed by atoms with Gasteiger partial charge in [0, 0.05) is 24.1 Å². The lowest BCUT2D eigenvalue weighted by Crippen LogP contribution is -2.24. The molecule has 98 valence electrons. The Morgan fingerprint density at radius 2 is 1.68 bits per heavy atom. The zero-order chi connectivity index (χ0) is 13.4. The molecule has 2 N–H and O–H groups in total. The van der Waals surface area contributed by atoms with Crippen molar-refractivity contribution in [3.05, 3.63) is 65.2 Å². The lowest BCUT2D eigenvalue weighted by atomic mass is 9.93. The molecule has 1 heterocycles. The lowest BCUT2D eigenvalue weighted by molar-refractivity contribution is 0.160. The van der Waals surface area contributed by atoms with E-state index < -0.39 is 0 Å². The first-order valence-corrected chi connectivity index (χ1v) is 6.10. The number of nitrogens with two attached hydrogens (primary N) is 1. The Morgan fingerprint density at radius 1 is 1.00 bits per heavy atom. The number of halogens is 2.